The van der Waals surface area contributed by atoms with Crippen molar-refractivity contribution in [3.05, 3.63) is 30.1 Å². The molecule has 2 aromatic rings. The molecular formula is C20H28N4O3. The fourth-order valence-electron chi connectivity index (χ4n) is 3.88. The zero-order valence-electron chi connectivity index (χ0n) is 15.8. The molecule has 0 radical (unpaired) electrons. The van der Waals surface area contributed by atoms with E-state index in [0.717, 1.165) is 49.0 Å². The van der Waals surface area contributed by atoms with E-state index in [2.05, 4.69) is 16.9 Å². The van der Waals surface area contributed by atoms with Gasteiger partial charge in [0.05, 0.1) is 29.5 Å². The third-order valence-corrected chi connectivity index (χ3v) is 5.29. The van der Waals surface area contributed by atoms with E-state index in [4.69, 9.17) is 0 Å². The lowest BCUT2D eigenvalue weighted by Crippen LogP contribution is -2.40. The van der Waals surface area contributed by atoms with E-state index in [0.29, 0.717) is 24.4 Å². The van der Waals surface area contributed by atoms with Crippen LogP contribution in [0.15, 0.2) is 24.3 Å². The molecule has 1 aromatic carbocycles. The fourth-order valence-corrected chi connectivity index (χ4v) is 3.88. The number of fused-ring (bicyclic) bond motifs is 1. The number of nitrogens with zero attached hydrogens (tertiary/aromatic N) is 3. The van der Waals surface area contributed by atoms with Crippen LogP contribution in [-0.4, -0.2) is 50.5 Å². The number of aromatic amines is 1. The highest BCUT2D eigenvalue weighted by Gasteiger charge is 2.35. The van der Waals surface area contributed by atoms with Crippen molar-refractivity contribution in [3.63, 3.8) is 0 Å². The molecule has 2 N–H and O–H groups in total. The van der Waals surface area contributed by atoms with Crippen molar-refractivity contribution in [1.29, 1.82) is 0 Å². The van der Waals surface area contributed by atoms with Gasteiger partial charge in [-0.15, -0.1) is 0 Å². The summed E-state index contributed by atoms with van der Waals surface area (Å²) in [5.41, 5.74) is 1.86. The van der Waals surface area contributed by atoms with Gasteiger partial charge in [0.15, 0.2) is 0 Å². The molecule has 3 rings (SSSR count). The lowest BCUT2D eigenvalue weighted by Gasteiger charge is -2.29. The normalized spacial score (nSPS) is 18.0. The van der Waals surface area contributed by atoms with Crippen molar-refractivity contribution >= 4 is 23.4 Å². The summed E-state index contributed by atoms with van der Waals surface area (Å²) in [5, 5.41) is 10.2. The Hall–Kier alpha value is -2.41. The average molecular weight is 372 g/mol. The Morgan fingerprint density at radius 3 is 3.00 bits per heavy atom. The molecule has 2 heterocycles. The second-order valence-corrected chi connectivity index (χ2v) is 7.25. The van der Waals surface area contributed by atoms with Crippen molar-refractivity contribution < 1.29 is 14.8 Å². The van der Waals surface area contributed by atoms with Gasteiger partial charge in [0.1, 0.15) is 5.82 Å². The van der Waals surface area contributed by atoms with Gasteiger partial charge >= 0.3 is 0 Å². The predicted molar refractivity (Wildman–Crippen MR) is 102 cm³/mol. The number of hydrogen-bond donors (Lipinski definition) is 2. The number of para-hydroxylation sites is 2. The highest BCUT2D eigenvalue weighted by Crippen LogP contribution is 2.33. The summed E-state index contributed by atoms with van der Waals surface area (Å²) in [5.74, 6) is 0.414. The van der Waals surface area contributed by atoms with E-state index in [1.54, 1.807) is 0 Å². The molecule has 0 saturated carbocycles. The molecule has 1 aliphatic rings. The van der Waals surface area contributed by atoms with Crippen LogP contribution in [0.2, 0.25) is 0 Å². The van der Waals surface area contributed by atoms with E-state index < -0.39 is 5.92 Å². The number of hydroxylamine groups is 2. The molecule has 146 valence electrons. The van der Waals surface area contributed by atoms with Gasteiger partial charge in [-0.25, -0.2) is 10.0 Å². The molecule has 7 heteroatoms. The zero-order valence-corrected chi connectivity index (χ0v) is 15.8. The van der Waals surface area contributed by atoms with Crippen molar-refractivity contribution in [1.82, 2.24) is 19.9 Å². The van der Waals surface area contributed by atoms with Gasteiger partial charge in [0.2, 0.25) is 12.3 Å². The first-order valence-corrected chi connectivity index (χ1v) is 9.80. The number of aromatic nitrogens is 2. The zero-order chi connectivity index (χ0) is 19.2. The third kappa shape index (κ3) is 4.47. The molecule has 2 amide bonds. The maximum Gasteiger partial charge on any atom is 0.233 e. The fraction of sp³-hybridized carbons (Fsp3) is 0.550. The van der Waals surface area contributed by atoms with Gasteiger partial charge in [-0.2, -0.15) is 0 Å². The molecule has 1 fully saturated rings. The maximum absolute atomic E-state index is 13.2. The molecule has 1 saturated heterocycles. The molecule has 2 atom stereocenters. The molecular weight excluding hydrogens is 344 g/mol. The van der Waals surface area contributed by atoms with Gasteiger partial charge in [-0.3, -0.25) is 14.8 Å². The minimum absolute atomic E-state index is 0.00467. The number of likely N-dealkylation sites (tertiary alicyclic amines) is 1. The predicted octanol–water partition coefficient (Wildman–Crippen LogP) is 3.27. The molecule has 0 aliphatic carbocycles. The minimum Gasteiger partial charge on any atom is -0.340 e. The maximum atomic E-state index is 13.2. The molecule has 0 bridgehead atoms. The quantitative estimate of drug-likeness (QED) is 0.306. The lowest BCUT2D eigenvalue weighted by atomic mass is 9.99. The number of carbonyl (C=O) groups is 2. The van der Waals surface area contributed by atoms with Crippen molar-refractivity contribution in [3.8, 4) is 0 Å². The summed E-state index contributed by atoms with van der Waals surface area (Å²) in [6.45, 7) is 2.82. The summed E-state index contributed by atoms with van der Waals surface area (Å²) < 4.78 is 0. The van der Waals surface area contributed by atoms with Crippen molar-refractivity contribution in [2.45, 2.75) is 51.5 Å². The standard InChI is InChI=1S/C20H28N4O3/c1-2-3-4-8-15(13-23(27)14-25)20(26)24-12-7-11-18(24)19-21-16-9-5-6-10-17(16)22-19/h5-6,9-10,14-15,18,27H,2-4,7-8,11-13H2,1H3,(H,21,22)/t15-,18-/m0/s1. The van der Waals surface area contributed by atoms with E-state index in [1.807, 2.05) is 29.2 Å². The monoisotopic (exact) mass is 372 g/mol. The SMILES string of the molecule is CCCCC[C@@H](CN(O)C=O)C(=O)N1CCC[C@H]1c1nc2ccccc2[nH]1. The first kappa shape index (κ1) is 19.4. The van der Waals surface area contributed by atoms with Crippen LogP contribution in [0, 0.1) is 5.92 Å². The van der Waals surface area contributed by atoms with Crippen LogP contribution in [0.1, 0.15) is 57.3 Å². The Bertz CT molecular complexity index is 742. The topological polar surface area (TPSA) is 89.5 Å². The summed E-state index contributed by atoms with van der Waals surface area (Å²) in [7, 11) is 0. The van der Waals surface area contributed by atoms with Crippen molar-refractivity contribution in [2.75, 3.05) is 13.1 Å². The lowest BCUT2D eigenvalue weighted by molar-refractivity contribution is -0.157. The van der Waals surface area contributed by atoms with Gasteiger partial charge in [0.25, 0.3) is 0 Å². The number of nitrogens with one attached hydrogen (secondary N) is 1. The minimum atomic E-state index is -0.392. The number of benzene rings is 1. The highest BCUT2D eigenvalue weighted by atomic mass is 16.5. The van der Waals surface area contributed by atoms with E-state index >= 15 is 0 Å². The van der Waals surface area contributed by atoms with Crippen LogP contribution in [0.5, 0.6) is 0 Å². The Balaban J connectivity index is 1.77. The van der Waals surface area contributed by atoms with Crippen LogP contribution in [0.4, 0.5) is 0 Å². The molecule has 0 unspecified atom stereocenters. The van der Waals surface area contributed by atoms with Crippen LogP contribution < -0.4 is 0 Å². The van der Waals surface area contributed by atoms with Crippen molar-refractivity contribution in [2.24, 2.45) is 5.92 Å². The van der Waals surface area contributed by atoms with E-state index in [1.165, 1.54) is 0 Å². The van der Waals surface area contributed by atoms with Crippen LogP contribution in [0.25, 0.3) is 11.0 Å². The Labute approximate surface area is 159 Å². The molecule has 0 spiro atoms. The van der Waals surface area contributed by atoms with E-state index in [9.17, 15) is 14.8 Å². The Morgan fingerprint density at radius 2 is 2.26 bits per heavy atom. The van der Waals surface area contributed by atoms with Crippen LogP contribution in [0.3, 0.4) is 0 Å². The molecule has 1 aliphatic heterocycles. The Kier molecular flexibility index (Phi) is 6.45. The van der Waals surface area contributed by atoms with Crippen LogP contribution >= 0.6 is 0 Å². The first-order valence-electron chi connectivity index (χ1n) is 9.80. The Morgan fingerprint density at radius 1 is 1.44 bits per heavy atom. The number of hydrogen-bond acceptors (Lipinski definition) is 4. The second-order valence-electron chi connectivity index (χ2n) is 7.25. The van der Waals surface area contributed by atoms with Crippen LogP contribution in [-0.2, 0) is 9.59 Å². The summed E-state index contributed by atoms with van der Waals surface area (Å²) in [4.78, 5) is 33.9. The number of amides is 2. The summed E-state index contributed by atoms with van der Waals surface area (Å²) in [6.07, 6.45) is 5.81. The molecule has 7 nitrogen and oxygen atoms in total. The van der Waals surface area contributed by atoms with Gasteiger partial charge in [0, 0.05) is 6.54 Å². The smallest absolute Gasteiger partial charge is 0.233 e. The highest BCUT2D eigenvalue weighted by molar-refractivity contribution is 5.80. The van der Waals surface area contributed by atoms with Gasteiger partial charge in [-0.1, -0.05) is 38.3 Å². The third-order valence-electron chi connectivity index (χ3n) is 5.29. The number of carbonyl (C=O) groups excluding carboxylic acids is 2. The number of H-pyrrole nitrogens is 1. The molecule has 27 heavy (non-hydrogen) atoms. The summed E-state index contributed by atoms with van der Waals surface area (Å²) in [6, 6.07) is 7.76. The van der Waals surface area contributed by atoms with E-state index in [-0.39, 0.29) is 18.5 Å². The van der Waals surface area contributed by atoms with Gasteiger partial charge < -0.3 is 9.88 Å². The molecule has 1 aromatic heterocycles. The second kappa shape index (κ2) is 8.99. The summed E-state index contributed by atoms with van der Waals surface area (Å²) >= 11 is 0. The number of imidazole rings is 1. The average Bonchev–Trinajstić information content (AvgIpc) is 3.32. The number of rotatable bonds is 9. The first-order chi connectivity index (χ1) is 13.1. The number of unbranched alkanes of at least 4 members (excludes halogenated alkanes) is 2. The van der Waals surface area contributed by atoms with Gasteiger partial charge in [-0.05, 0) is 31.4 Å². The largest absolute Gasteiger partial charge is 0.340 e.